The second-order valence-electron chi connectivity index (χ2n) is 4.58. The van der Waals surface area contributed by atoms with Crippen molar-refractivity contribution in [1.82, 2.24) is 5.32 Å². The minimum Gasteiger partial charge on any atom is -0.492 e. The van der Waals surface area contributed by atoms with E-state index in [0.717, 1.165) is 27.9 Å². The second kappa shape index (κ2) is 8.00. The first-order valence-electron chi connectivity index (χ1n) is 6.72. The number of benzene rings is 1. The molecule has 1 N–H and O–H groups in total. The number of rotatable bonds is 8. The van der Waals surface area contributed by atoms with Crippen molar-refractivity contribution in [2.45, 2.75) is 27.3 Å². The number of aryl methyl sites for hydroxylation is 1. The van der Waals surface area contributed by atoms with Gasteiger partial charge in [-0.25, -0.2) is 8.42 Å². The van der Waals surface area contributed by atoms with E-state index in [2.05, 4.69) is 21.2 Å². The molecule has 114 valence electrons. The minimum atomic E-state index is -2.99. The van der Waals surface area contributed by atoms with Crippen LogP contribution in [0.2, 0.25) is 0 Å². The first kappa shape index (κ1) is 17.5. The molecule has 0 radical (unpaired) electrons. The van der Waals surface area contributed by atoms with Gasteiger partial charge in [0, 0.05) is 22.3 Å². The van der Waals surface area contributed by atoms with Crippen LogP contribution in [0, 0.1) is 6.92 Å². The summed E-state index contributed by atoms with van der Waals surface area (Å²) in [6.07, 6.45) is 0. The van der Waals surface area contributed by atoms with Crippen LogP contribution in [-0.4, -0.2) is 33.1 Å². The van der Waals surface area contributed by atoms with E-state index < -0.39 is 9.84 Å². The lowest BCUT2D eigenvalue weighted by Crippen LogP contribution is -2.18. The third-order valence-corrected chi connectivity index (χ3v) is 5.09. The van der Waals surface area contributed by atoms with E-state index in [0.29, 0.717) is 6.54 Å². The fourth-order valence-electron chi connectivity index (χ4n) is 1.81. The van der Waals surface area contributed by atoms with Crippen LogP contribution < -0.4 is 10.1 Å². The van der Waals surface area contributed by atoms with Crippen molar-refractivity contribution in [3.63, 3.8) is 0 Å². The van der Waals surface area contributed by atoms with Crippen molar-refractivity contribution >= 4 is 25.8 Å². The Morgan fingerprint density at radius 1 is 1.30 bits per heavy atom. The van der Waals surface area contributed by atoms with E-state index in [4.69, 9.17) is 4.74 Å². The van der Waals surface area contributed by atoms with Crippen LogP contribution in [0.15, 0.2) is 16.6 Å². The van der Waals surface area contributed by atoms with Crippen LogP contribution in [0.1, 0.15) is 25.0 Å². The molecule has 6 heteroatoms. The standard InChI is InChI=1S/C14H22BrNO3S/c1-4-16-10-12-9-13(15)8-11(3)14(12)19-6-7-20(17,18)5-2/h8-9,16H,4-7,10H2,1-3H3. The van der Waals surface area contributed by atoms with Gasteiger partial charge in [-0.3, -0.25) is 0 Å². The Morgan fingerprint density at radius 2 is 2.00 bits per heavy atom. The zero-order valence-electron chi connectivity index (χ0n) is 12.2. The molecule has 0 spiro atoms. The lowest BCUT2D eigenvalue weighted by Gasteiger charge is -2.15. The lowest BCUT2D eigenvalue weighted by atomic mass is 10.1. The molecule has 0 aliphatic heterocycles. The van der Waals surface area contributed by atoms with Gasteiger partial charge in [0.15, 0.2) is 9.84 Å². The van der Waals surface area contributed by atoms with Crippen LogP contribution in [0.5, 0.6) is 5.75 Å². The third kappa shape index (κ3) is 5.42. The minimum absolute atomic E-state index is 0.0552. The molecule has 0 atom stereocenters. The van der Waals surface area contributed by atoms with Crippen molar-refractivity contribution in [3.8, 4) is 5.75 Å². The summed E-state index contributed by atoms with van der Waals surface area (Å²) in [5, 5.41) is 3.26. The SMILES string of the molecule is CCNCc1cc(Br)cc(C)c1OCCS(=O)(=O)CC. The van der Waals surface area contributed by atoms with Gasteiger partial charge in [-0.15, -0.1) is 0 Å². The molecule has 4 nitrogen and oxygen atoms in total. The van der Waals surface area contributed by atoms with Crippen molar-refractivity contribution in [1.29, 1.82) is 0 Å². The monoisotopic (exact) mass is 363 g/mol. The van der Waals surface area contributed by atoms with Crippen LogP contribution in [0.4, 0.5) is 0 Å². The maximum absolute atomic E-state index is 11.5. The molecule has 0 bridgehead atoms. The highest BCUT2D eigenvalue weighted by Gasteiger charge is 2.12. The average Bonchev–Trinajstić information content (AvgIpc) is 2.38. The summed E-state index contributed by atoms with van der Waals surface area (Å²) in [7, 11) is -2.99. The van der Waals surface area contributed by atoms with Gasteiger partial charge in [-0.05, 0) is 31.2 Å². The molecule has 0 aliphatic carbocycles. The zero-order valence-corrected chi connectivity index (χ0v) is 14.6. The Balaban J connectivity index is 2.82. The predicted molar refractivity (Wildman–Crippen MR) is 86.1 cm³/mol. The highest BCUT2D eigenvalue weighted by molar-refractivity contribution is 9.10. The number of hydrogen-bond donors (Lipinski definition) is 1. The van der Waals surface area contributed by atoms with Gasteiger partial charge in [-0.2, -0.15) is 0 Å². The molecule has 0 fully saturated rings. The van der Waals surface area contributed by atoms with Crippen LogP contribution >= 0.6 is 15.9 Å². The average molecular weight is 364 g/mol. The normalized spacial score (nSPS) is 11.6. The summed E-state index contributed by atoms with van der Waals surface area (Å²) in [4.78, 5) is 0. The zero-order chi connectivity index (χ0) is 15.2. The Morgan fingerprint density at radius 3 is 2.60 bits per heavy atom. The molecule has 0 unspecified atom stereocenters. The Bertz CT molecular complexity index is 544. The van der Waals surface area contributed by atoms with Crippen molar-refractivity contribution in [3.05, 3.63) is 27.7 Å². The quantitative estimate of drug-likeness (QED) is 0.771. The molecule has 20 heavy (non-hydrogen) atoms. The number of nitrogens with one attached hydrogen (secondary N) is 1. The van der Waals surface area contributed by atoms with Gasteiger partial charge < -0.3 is 10.1 Å². The third-order valence-electron chi connectivity index (χ3n) is 2.96. The molecular formula is C14H22BrNO3S. The highest BCUT2D eigenvalue weighted by Crippen LogP contribution is 2.28. The van der Waals surface area contributed by atoms with E-state index in [9.17, 15) is 8.42 Å². The van der Waals surface area contributed by atoms with Gasteiger partial charge in [0.05, 0.1) is 5.75 Å². The Kier molecular flexibility index (Phi) is 6.99. The van der Waals surface area contributed by atoms with Crippen LogP contribution in [0.25, 0.3) is 0 Å². The molecule has 1 aromatic carbocycles. The summed E-state index contributed by atoms with van der Waals surface area (Å²) in [6, 6.07) is 3.97. The number of ether oxygens (including phenoxy) is 1. The molecule has 0 amide bonds. The molecule has 0 aromatic heterocycles. The maximum atomic E-state index is 11.5. The van der Waals surface area contributed by atoms with Gasteiger partial charge in [0.25, 0.3) is 0 Å². The molecule has 0 heterocycles. The fraction of sp³-hybridized carbons (Fsp3) is 0.571. The fourth-order valence-corrected chi connectivity index (χ4v) is 3.06. The molecule has 1 aromatic rings. The van der Waals surface area contributed by atoms with E-state index >= 15 is 0 Å². The van der Waals surface area contributed by atoms with E-state index in [-0.39, 0.29) is 18.1 Å². The Labute approximate surface area is 130 Å². The van der Waals surface area contributed by atoms with Crippen molar-refractivity contribution in [2.24, 2.45) is 0 Å². The molecule has 1 rings (SSSR count). The smallest absolute Gasteiger partial charge is 0.153 e. The Hall–Kier alpha value is -0.590. The molecule has 0 saturated carbocycles. The van der Waals surface area contributed by atoms with Gasteiger partial charge >= 0.3 is 0 Å². The van der Waals surface area contributed by atoms with Gasteiger partial charge in [0.1, 0.15) is 12.4 Å². The van der Waals surface area contributed by atoms with Crippen LogP contribution in [0.3, 0.4) is 0 Å². The largest absolute Gasteiger partial charge is 0.492 e. The van der Waals surface area contributed by atoms with E-state index in [1.807, 2.05) is 26.0 Å². The summed E-state index contributed by atoms with van der Waals surface area (Å²) >= 11 is 3.47. The van der Waals surface area contributed by atoms with Crippen LogP contribution in [-0.2, 0) is 16.4 Å². The number of halogens is 1. The molecule has 0 aliphatic rings. The maximum Gasteiger partial charge on any atom is 0.153 e. The van der Waals surface area contributed by atoms with E-state index in [1.165, 1.54) is 0 Å². The summed E-state index contributed by atoms with van der Waals surface area (Å²) < 4.78 is 29.7. The summed E-state index contributed by atoms with van der Waals surface area (Å²) in [5.41, 5.74) is 2.04. The number of hydrogen-bond acceptors (Lipinski definition) is 4. The van der Waals surface area contributed by atoms with Gasteiger partial charge in [0.2, 0.25) is 0 Å². The summed E-state index contributed by atoms with van der Waals surface area (Å²) in [5.74, 6) is 0.986. The lowest BCUT2D eigenvalue weighted by molar-refractivity contribution is 0.334. The van der Waals surface area contributed by atoms with Gasteiger partial charge in [-0.1, -0.05) is 29.8 Å². The predicted octanol–water partition coefficient (Wildman–Crippen LogP) is 2.68. The van der Waals surface area contributed by atoms with Crippen molar-refractivity contribution < 1.29 is 13.2 Å². The first-order valence-corrected chi connectivity index (χ1v) is 9.34. The summed E-state index contributed by atoms with van der Waals surface area (Å²) in [6.45, 7) is 7.42. The topological polar surface area (TPSA) is 55.4 Å². The first-order chi connectivity index (χ1) is 9.39. The highest BCUT2D eigenvalue weighted by atomic mass is 79.9. The number of sulfone groups is 1. The molecule has 0 saturated heterocycles. The molecular weight excluding hydrogens is 342 g/mol. The second-order valence-corrected chi connectivity index (χ2v) is 7.96. The van der Waals surface area contributed by atoms with E-state index in [1.54, 1.807) is 6.92 Å². The van der Waals surface area contributed by atoms with Crippen molar-refractivity contribution in [2.75, 3.05) is 24.7 Å².